The maximum atomic E-state index is 2.39. The predicted molar refractivity (Wildman–Crippen MR) is 161 cm³/mol. The third kappa shape index (κ3) is 8.61. The third-order valence-electron chi connectivity index (χ3n) is 5.03. The van der Waals surface area contributed by atoms with Gasteiger partial charge in [-0.1, -0.05) is 121 Å². The summed E-state index contributed by atoms with van der Waals surface area (Å²) < 4.78 is 0. The summed E-state index contributed by atoms with van der Waals surface area (Å²) >= 11 is 5.30. The molecule has 0 amide bonds. The Kier molecular flexibility index (Phi) is 13.1. The summed E-state index contributed by atoms with van der Waals surface area (Å²) in [4.78, 5) is 0. The van der Waals surface area contributed by atoms with Gasteiger partial charge in [-0.05, 0) is 55.8 Å². The van der Waals surface area contributed by atoms with Crippen molar-refractivity contribution >= 4 is 74.3 Å². The van der Waals surface area contributed by atoms with Crippen LogP contribution in [0.4, 0.5) is 0 Å². The minimum Gasteiger partial charge on any atom is -0.0622 e. The molecule has 0 heterocycles. The van der Waals surface area contributed by atoms with Crippen molar-refractivity contribution < 1.29 is 13.3 Å². The standard InChI is InChI=1S/C27H26P2.I3/c1-5-14-24(15-6-1)28(25-16-7-2-8-17-25)22-13-23-29(26-18-9-3-10-19-26)27-20-11-4-12-21-27;1-3-2/h1-12,14-21H,13,22-23H2;/q;-1. The molecule has 0 unspecified atom stereocenters. The SMILES string of the molecule is I[I-]I.c1ccc(P(CCCP(c2ccccc2)c2ccccc2)c2ccccc2)cc1. The van der Waals surface area contributed by atoms with E-state index in [-0.39, 0.29) is 15.8 Å². The van der Waals surface area contributed by atoms with Gasteiger partial charge in [-0.15, -0.1) is 0 Å². The van der Waals surface area contributed by atoms with E-state index in [9.17, 15) is 0 Å². The molecule has 0 aliphatic rings. The van der Waals surface area contributed by atoms with Gasteiger partial charge in [0.25, 0.3) is 0 Å². The van der Waals surface area contributed by atoms with Gasteiger partial charge < -0.3 is 0 Å². The van der Waals surface area contributed by atoms with Crippen molar-refractivity contribution in [3.63, 3.8) is 0 Å². The summed E-state index contributed by atoms with van der Waals surface area (Å²) in [7, 11) is -0.618. The van der Waals surface area contributed by atoms with E-state index >= 15 is 0 Å². The van der Waals surface area contributed by atoms with E-state index in [1.54, 1.807) is 0 Å². The smallest absolute Gasteiger partial charge is 0.0195 e. The Bertz CT molecular complexity index is 838. The van der Waals surface area contributed by atoms with Crippen LogP contribution in [-0.2, 0) is 0 Å². The molecular weight excluding hydrogens is 767 g/mol. The molecule has 0 aliphatic heterocycles. The van der Waals surface area contributed by atoms with Crippen LogP contribution in [0.3, 0.4) is 0 Å². The van der Waals surface area contributed by atoms with Crippen molar-refractivity contribution in [2.45, 2.75) is 6.42 Å². The van der Waals surface area contributed by atoms with Gasteiger partial charge in [0, 0.05) is 0 Å². The van der Waals surface area contributed by atoms with E-state index in [4.69, 9.17) is 0 Å². The van der Waals surface area contributed by atoms with Gasteiger partial charge in [0.05, 0.1) is 0 Å². The second-order valence-electron chi connectivity index (χ2n) is 7.05. The molecule has 0 aliphatic carbocycles. The summed E-state index contributed by atoms with van der Waals surface area (Å²) in [5.74, 6) is 0. The Morgan fingerprint density at radius 3 is 0.875 bits per heavy atom. The molecule has 0 aromatic heterocycles. The first-order chi connectivity index (χ1) is 15.8. The van der Waals surface area contributed by atoms with E-state index < -0.39 is 0 Å². The first-order valence-electron chi connectivity index (χ1n) is 10.5. The summed E-state index contributed by atoms with van der Waals surface area (Å²) in [6.45, 7) is 0. The normalized spacial score (nSPS) is 10.8. The number of benzene rings is 4. The van der Waals surface area contributed by atoms with E-state index in [0.29, 0.717) is 13.3 Å². The minimum atomic E-state index is -0.309. The Balaban J connectivity index is 0.000000913. The number of hydrogen-bond acceptors (Lipinski definition) is 0. The summed E-state index contributed by atoms with van der Waals surface area (Å²) in [5.41, 5.74) is 0. The van der Waals surface area contributed by atoms with Crippen molar-refractivity contribution in [1.82, 2.24) is 0 Å². The molecule has 0 atom stereocenters. The van der Waals surface area contributed by atoms with Crippen LogP contribution in [-0.4, -0.2) is 12.3 Å². The molecule has 0 nitrogen and oxygen atoms in total. The molecule has 4 aromatic carbocycles. The van der Waals surface area contributed by atoms with Crippen molar-refractivity contribution in [2.75, 3.05) is 12.3 Å². The number of rotatable bonds is 8. The third-order valence-corrected chi connectivity index (χ3v) is 10.2. The molecule has 0 fully saturated rings. The van der Waals surface area contributed by atoms with E-state index in [0.717, 1.165) is 0 Å². The largest absolute Gasteiger partial charge is 0.0622 e. The van der Waals surface area contributed by atoms with Crippen molar-refractivity contribution in [3.05, 3.63) is 121 Å². The maximum absolute atomic E-state index is 2.39. The first-order valence-corrected chi connectivity index (χ1v) is 26.1. The van der Waals surface area contributed by atoms with Crippen molar-refractivity contribution in [3.8, 4) is 0 Å². The Morgan fingerprint density at radius 2 is 0.656 bits per heavy atom. The quantitative estimate of drug-likeness (QED) is 0.183. The van der Waals surface area contributed by atoms with Crippen LogP contribution in [0.15, 0.2) is 121 Å². The fourth-order valence-corrected chi connectivity index (χ4v) is 8.59. The Hall–Kier alpha value is -0.0700. The molecule has 32 heavy (non-hydrogen) atoms. The van der Waals surface area contributed by atoms with Crippen LogP contribution in [0.5, 0.6) is 0 Å². The van der Waals surface area contributed by atoms with Gasteiger partial charge in [-0.25, -0.2) is 0 Å². The average Bonchev–Trinajstić information content (AvgIpc) is 2.87. The summed E-state index contributed by atoms with van der Waals surface area (Å²) in [5, 5.41) is 5.94. The Labute approximate surface area is 225 Å². The van der Waals surface area contributed by atoms with Crippen LogP contribution in [0, 0.1) is 0 Å². The van der Waals surface area contributed by atoms with Crippen LogP contribution < -0.4 is 34.5 Å². The zero-order valence-corrected chi connectivity index (χ0v) is 26.0. The topological polar surface area (TPSA) is 0 Å². The number of hydrogen-bond donors (Lipinski definition) is 0. The van der Waals surface area contributed by atoms with E-state index in [2.05, 4.69) is 159 Å². The summed E-state index contributed by atoms with van der Waals surface area (Å²) in [6.07, 6.45) is 3.72. The first kappa shape index (κ1) is 26.5. The van der Waals surface area contributed by atoms with Crippen LogP contribution >= 0.6 is 53.1 Å². The van der Waals surface area contributed by atoms with Gasteiger partial charge in [0.1, 0.15) is 0 Å². The fourth-order valence-electron chi connectivity index (χ4n) is 3.63. The molecule has 0 saturated carbocycles. The van der Waals surface area contributed by atoms with Gasteiger partial charge in [0.2, 0.25) is 0 Å². The monoisotopic (exact) mass is 793 g/mol. The second kappa shape index (κ2) is 15.8. The molecule has 166 valence electrons. The predicted octanol–water partition coefficient (Wildman–Crippen LogP) is 4.42. The molecular formula is C27H26I3P2-. The van der Waals surface area contributed by atoms with Crippen LogP contribution in [0.2, 0.25) is 0 Å². The van der Waals surface area contributed by atoms with Crippen LogP contribution in [0.1, 0.15) is 6.42 Å². The summed E-state index contributed by atoms with van der Waals surface area (Å²) in [6, 6.07) is 44.3. The van der Waals surface area contributed by atoms with E-state index in [1.807, 2.05) is 0 Å². The van der Waals surface area contributed by atoms with Crippen LogP contribution in [0.25, 0.3) is 0 Å². The van der Waals surface area contributed by atoms with Gasteiger partial charge in [-0.2, -0.15) is 0 Å². The second-order valence-corrected chi connectivity index (χ2v) is 28.0. The Morgan fingerprint density at radius 1 is 0.438 bits per heavy atom. The van der Waals surface area contributed by atoms with Gasteiger partial charge in [-0.3, -0.25) is 0 Å². The van der Waals surface area contributed by atoms with Crippen molar-refractivity contribution in [2.24, 2.45) is 0 Å². The molecule has 4 aromatic rings. The molecule has 0 bridgehead atoms. The maximum Gasteiger partial charge on any atom is -0.0195 e. The molecule has 0 spiro atoms. The fraction of sp³-hybridized carbons (Fsp3) is 0.111. The molecule has 5 heteroatoms. The molecule has 4 rings (SSSR count). The zero-order valence-electron chi connectivity index (χ0n) is 17.7. The average molecular weight is 793 g/mol. The minimum absolute atomic E-state index is 0.309. The number of halogens is 3. The van der Waals surface area contributed by atoms with Crippen molar-refractivity contribution in [1.29, 1.82) is 0 Å². The molecule has 0 radical (unpaired) electrons. The van der Waals surface area contributed by atoms with Gasteiger partial charge in [0.15, 0.2) is 0 Å². The zero-order chi connectivity index (χ0) is 22.4. The molecule has 0 saturated heterocycles. The molecule has 0 N–H and O–H groups in total. The van der Waals surface area contributed by atoms with E-state index in [1.165, 1.54) is 40.0 Å². The van der Waals surface area contributed by atoms with Gasteiger partial charge >= 0.3 is 50.5 Å².